The normalized spacial score (nSPS) is 15.2. The molecule has 3 aliphatic heterocycles. The molecule has 6 N–H and O–H groups in total. The summed E-state index contributed by atoms with van der Waals surface area (Å²) in [6.45, 7) is 8.36. The van der Waals surface area contributed by atoms with Gasteiger partial charge in [-0.1, -0.05) is 20.8 Å². The third-order valence-electron chi connectivity index (χ3n) is 12.8. The molecule has 2 aromatic heterocycles. The number of piperidine rings is 1. The SMILES string of the molecule is CCNC(=O)C(=N)N(C(=N)c1cc(C(C)C)c(O)cc1O)c1ccc(OC2CCN(C(=O)CCN(C)C(=O)O[C@@H]3C(=O)OCc4c3cc3n(c4=O)Cc4c-3nc3ccc(O)cc3c4CC)CC2)cc1. The summed E-state index contributed by atoms with van der Waals surface area (Å²) < 4.78 is 18.8. The number of fused-ring (bicyclic) bond motifs is 5. The van der Waals surface area contributed by atoms with Gasteiger partial charge in [-0.25, -0.2) is 14.6 Å². The van der Waals surface area contributed by atoms with E-state index in [9.17, 15) is 39.3 Å². The van der Waals surface area contributed by atoms with Crippen LogP contribution < -0.4 is 20.5 Å². The Hall–Kier alpha value is -7.96. The van der Waals surface area contributed by atoms with Crippen LogP contribution in [0.2, 0.25) is 0 Å². The van der Waals surface area contributed by atoms with Crippen LogP contribution in [0, 0.1) is 10.8 Å². The fourth-order valence-corrected chi connectivity index (χ4v) is 9.07. The van der Waals surface area contributed by atoms with E-state index >= 15 is 0 Å². The summed E-state index contributed by atoms with van der Waals surface area (Å²) in [6.07, 6.45) is -1.03. The maximum absolute atomic E-state index is 13.9. The second-order valence-corrected chi connectivity index (χ2v) is 17.5. The van der Waals surface area contributed by atoms with Crippen LogP contribution in [0.15, 0.2) is 65.5 Å². The number of nitrogens with one attached hydrogen (secondary N) is 3. The molecule has 19 nitrogen and oxygen atoms in total. The number of amidine groups is 2. The Bertz CT molecular complexity index is 2980. The Balaban J connectivity index is 0.871. The van der Waals surface area contributed by atoms with Gasteiger partial charge in [-0.15, -0.1) is 0 Å². The number of cyclic esters (lactones) is 1. The van der Waals surface area contributed by atoms with E-state index in [1.54, 1.807) is 64.9 Å². The van der Waals surface area contributed by atoms with Gasteiger partial charge < -0.3 is 49.2 Å². The first-order chi connectivity index (χ1) is 33.0. The van der Waals surface area contributed by atoms with Crippen molar-refractivity contribution in [1.82, 2.24) is 24.7 Å². The molecule has 1 atom stereocenters. The standard InChI is InChI=1S/C50H54N8O11/c1-6-31-33-20-28(59)10-13-38(33)54-43-36(31)24-57-39(43)22-34-37(48(57)64)25-67-49(65)44(34)69-50(66)55(5)17-16-42(62)56-18-14-30(15-19-56)68-29-11-8-27(9-12-29)58(46(52)47(63)53-7-2)45(51)35-21-32(26(3)4)40(60)23-41(35)61/h8-13,20-23,26,30,44,51-52,59-61H,6-7,14-19,24-25H2,1-5H3,(H,53,63)/t44-/m0/s1. The molecule has 5 heterocycles. The number of carbonyl (C=O) groups excluding carboxylic acids is 4. The van der Waals surface area contributed by atoms with Crippen LogP contribution >= 0.6 is 0 Å². The second-order valence-electron chi connectivity index (χ2n) is 17.5. The second kappa shape index (κ2) is 19.3. The van der Waals surface area contributed by atoms with E-state index in [0.29, 0.717) is 60.6 Å². The number of carbonyl (C=O) groups is 4. The number of esters is 1. The van der Waals surface area contributed by atoms with Gasteiger partial charge in [0.05, 0.1) is 34.6 Å². The number of rotatable bonds is 11. The third-order valence-corrected chi connectivity index (χ3v) is 12.8. The number of likely N-dealkylation sites (N-methyl/N-ethyl adjacent to an activating group) is 1. The molecule has 360 valence electrons. The van der Waals surface area contributed by atoms with Gasteiger partial charge in [0.2, 0.25) is 12.0 Å². The van der Waals surface area contributed by atoms with Gasteiger partial charge in [0.25, 0.3) is 11.5 Å². The van der Waals surface area contributed by atoms with Gasteiger partial charge in [0.15, 0.2) is 5.84 Å². The fourth-order valence-electron chi connectivity index (χ4n) is 9.07. The number of ether oxygens (including phenoxy) is 3. The highest BCUT2D eigenvalue weighted by Crippen LogP contribution is 2.40. The molecule has 0 aliphatic carbocycles. The topological polar surface area (TPSA) is 261 Å². The van der Waals surface area contributed by atoms with Crippen molar-refractivity contribution in [2.75, 3.05) is 38.1 Å². The summed E-state index contributed by atoms with van der Waals surface area (Å²) >= 11 is 0. The summed E-state index contributed by atoms with van der Waals surface area (Å²) in [5.41, 5.74) is 4.27. The number of nitrogens with zero attached hydrogens (tertiary/aromatic N) is 5. The van der Waals surface area contributed by atoms with E-state index in [1.165, 1.54) is 18.0 Å². The molecule has 3 aliphatic rings. The van der Waals surface area contributed by atoms with E-state index in [1.807, 2.05) is 20.8 Å². The Morgan fingerprint density at radius 1 is 0.957 bits per heavy atom. The number of anilines is 1. The molecule has 3 amide bonds. The summed E-state index contributed by atoms with van der Waals surface area (Å²) in [5.74, 6) is -2.74. The van der Waals surface area contributed by atoms with Crippen molar-refractivity contribution in [3.05, 3.63) is 104 Å². The number of amides is 3. The molecule has 1 saturated heterocycles. The highest BCUT2D eigenvalue weighted by Gasteiger charge is 2.39. The molecule has 19 heteroatoms. The fraction of sp³-hybridized carbons (Fsp3) is 0.360. The van der Waals surface area contributed by atoms with E-state index in [0.717, 1.165) is 27.5 Å². The van der Waals surface area contributed by atoms with Gasteiger partial charge in [0, 0.05) is 80.8 Å². The molecule has 0 bridgehead atoms. The first-order valence-corrected chi connectivity index (χ1v) is 22.8. The number of phenols is 3. The number of aromatic nitrogens is 2. The lowest BCUT2D eigenvalue weighted by Crippen LogP contribution is -2.46. The number of hydrogen-bond donors (Lipinski definition) is 6. The summed E-state index contributed by atoms with van der Waals surface area (Å²) in [5, 5.41) is 52.4. The summed E-state index contributed by atoms with van der Waals surface area (Å²) in [7, 11) is 1.45. The minimum absolute atomic E-state index is 0.0150. The lowest BCUT2D eigenvalue weighted by Gasteiger charge is -2.33. The van der Waals surface area contributed by atoms with Crippen molar-refractivity contribution >= 4 is 52.1 Å². The monoisotopic (exact) mass is 942 g/mol. The zero-order valence-corrected chi connectivity index (χ0v) is 38.9. The molecule has 1 fully saturated rings. The van der Waals surface area contributed by atoms with Crippen molar-refractivity contribution in [2.45, 2.75) is 84.7 Å². The number of benzene rings is 3. The molecule has 3 aromatic carbocycles. The number of pyridine rings is 2. The highest BCUT2D eigenvalue weighted by atomic mass is 16.6. The van der Waals surface area contributed by atoms with Crippen molar-refractivity contribution in [2.24, 2.45) is 0 Å². The molecule has 0 unspecified atom stereocenters. The minimum Gasteiger partial charge on any atom is -0.508 e. The maximum Gasteiger partial charge on any atom is 0.410 e. The van der Waals surface area contributed by atoms with Crippen LogP contribution in [-0.2, 0) is 43.4 Å². The van der Waals surface area contributed by atoms with Crippen LogP contribution in [-0.4, -0.2) is 110 Å². The van der Waals surface area contributed by atoms with Crippen LogP contribution in [0.4, 0.5) is 10.5 Å². The van der Waals surface area contributed by atoms with E-state index in [2.05, 4.69) is 5.32 Å². The Morgan fingerprint density at radius 2 is 1.68 bits per heavy atom. The predicted molar refractivity (Wildman–Crippen MR) is 254 cm³/mol. The van der Waals surface area contributed by atoms with E-state index in [-0.39, 0.29) is 102 Å². The Morgan fingerprint density at radius 3 is 2.36 bits per heavy atom. The van der Waals surface area contributed by atoms with E-state index < -0.39 is 29.9 Å². The van der Waals surface area contributed by atoms with Crippen molar-refractivity contribution in [3.63, 3.8) is 0 Å². The van der Waals surface area contributed by atoms with Crippen molar-refractivity contribution < 1.29 is 48.7 Å². The number of aryl methyl sites for hydroxylation is 1. The lowest BCUT2D eigenvalue weighted by atomic mass is 9.97. The predicted octanol–water partition coefficient (Wildman–Crippen LogP) is 5.80. The molecular weight excluding hydrogens is 889 g/mol. The summed E-state index contributed by atoms with van der Waals surface area (Å²) in [4.78, 5) is 75.5. The lowest BCUT2D eigenvalue weighted by molar-refractivity contribution is -0.158. The smallest absolute Gasteiger partial charge is 0.410 e. The third kappa shape index (κ3) is 9.23. The number of aromatic hydroxyl groups is 3. The van der Waals surface area contributed by atoms with Crippen LogP contribution in [0.1, 0.15) is 92.4 Å². The van der Waals surface area contributed by atoms with Gasteiger partial charge in [0.1, 0.15) is 41.5 Å². The number of hydrogen-bond acceptors (Lipinski definition) is 14. The van der Waals surface area contributed by atoms with E-state index in [4.69, 9.17) is 30.0 Å². The van der Waals surface area contributed by atoms with Gasteiger partial charge in [-0.3, -0.25) is 30.1 Å². The van der Waals surface area contributed by atoms with Crippen molar-refractivity contribution in [1.29, 1.82) is 10.8 Å². The molecule has 8 rings (SSSR count). The van der Waals surface area contributed by atoms with Crippen LogP contribution in [0.25, 0.3) is 22.3 Å². The van der Waals surface area contributed by atoms with Gasteiger partial charge in [-0.2, -0.15) is 0 Å². The van der Waals surface area contributed by atoms with Gasteiger partial charge in [-0.05, 0) is 85.0 Å². The Labute approximate surface area is 396 Å². The molecule has 0 spiro atoms. The molecule has 5 aromatic rings. The van der Waals surface area contributed by atoms with Gasteiger partial charge >= 0.3 is 12.1 Å². The van der Waals surface area contributed by atoms with Crippen LogP contribution in [0.3, 0.4) is 0 Å². The molecule has 69 heavy (non-hydrogen) atoms. The molecule has 0 saturated carbocycles. The number of likely N-dealkylation sites (tertiary alicyclic amines) is 1. The Kier molecular flexibility index (Phi) is 13.3. The minimum atomic E-state index is -1.52. The first-order valence-electron chi connectivity index (χ1n) is 22.8. The number of phenolic OH excluding ortho intramolecular Hbond substituents is 3. The summed E-state index contributed by atoms with van der Waals surface area (Å²) in [6, 6.07) is 15.7. The highest BCUT2D eigenvalue weighted by molar-refractivity contribution is 6.48. The van der Waals surface area contributed by atoms with Crippen LogP contribution in [0.5, 0.6) is 23.0 Å². The maximum atomic E-state index is 13.9. The first kappa shape index (κ1) is 47.5. The largest absolute Gasteiger partial charge is 0.508 e. The quantitative estimate of drug-likeness (QED) is 0.0511. The average Bonchev–Trinajstić information content (AvgIpc) is 3.69. The molecular formula is C50H54N8O11. The molecule has 0 radical (unpaired) electrons. The zero-order chi connectivity index (χ0) is 49.4. The average molecular weight is 943 g/mol. The zero-order valence-electron chi connectivity index (χ0n) is 38.9. The van der Waals surface area contributed by atoms with Crippen molar-refractivity contribution in [3.8, 4) is 34.4 Å².